The molecular weight excluding hydrogens is 354 g/mol. The first-order chi connectivity index (χ1) is 12.5. The Balaban J connectivity index is 1.55. The van der Waals surface area contributed by atoms with Gasteiger partial charge in [0.15, 0.2) is 0 Å². The highest BCUT2D eigenvalue weighted by Crippen LogP contribution is 2.31. The van der Waals surface area contributed by atoms with Gasteiger partial charge in [0.1, 0.15) is 0 Å². The highest BCUT2D eigenvalue weighted by atomic mass is 32.2. The van der Waals surface area contributed by atoms with E-state index in [0.717, 1.165) is 31.4 Å². The molecule has 0 aromatic heterocycles. The fraction of sp³-hybridized carbons (Fsp3) is 0.833. The van der Waals surface area contributed by atoms with Crippen molar-refractivity contribution in [3.05, 3.63) is 0 Å². The number of thioether (sulfide) groups is 1. The van der Waals surface area contributed by atoms with Crippen LogP contribution < -0.4 is 5.32 Å². The first kappa shape index (κ1) is 19.5. The summed E-state index contributed by atoms with van der Waals surface area (Å²) in [6, 6.07) is 0.138. The second-order valence-electron chi connectivity index (χ2n) is 7.65. The molecular formula is C18H29N3O4S. The average molecular weight is 384 g/mol. The summed E-state index contributed by atoms with van der Waals surface area (Å²) in [5.41, 5.74) is 0. The average Bonchev–Trinajstić information content (AvgIpc) is 3.32. The lowest BCUT2D eigenvalue weighted by atomic mass is 9.91. The van der Waals surface area contributed by atoms with Crippen LogP contribution in [0.2, 0.25) is 0 Å². The first-order valence-corrected chi connectivity index (χ1v) is 10.9. The Hall–Kier alpha value is -1.28. The quantitative estimate of drug-likeness (QED) is 0.641. The third-order valence-electron chi connectivity index (χ3n) is 5.56. The lowest BCUT2D eigenvalue weighted by molar-refractivity contribution is -0.145. The number of hydrogen-bond acceptors (Lipinski definition) is 5. The van der Waals surface area contributed by atoms with E-state index in [1.54, 1.807) is 16.7 Å². The Labute approximate surface area is 158 Å². The van der Waals surface area contributed by atoms with Crippen molar-refractivity contribution in [1.29, 1.82) is 0 Å². The monoisotopic (exact) mass is 383 g/mol. The molecule has 7 nitrogen and oxygen atoms in total. The number of aliphatic hydroxyl groups excluding tert-OH is 1. The lowest BCUT2D eigenvalue weighted by Crippen LogP contribution is -2.49. The maximum atomic E-state index is 12.7. The minimum atomic E-state index is -0.612. The number of piperidine rings is 1. The second kappa shape index (κ2) is 8.61. The predicted octanol–water partition coefficient (Wildman–Crippen LogP) is 0.219. The minimum Gasteiger partial charge on any atom is -0.393 e. The van der Waals surface area contributed by atoms with E-state index in [-0.39, 0.29) is 30.3 Å². The summed E-state index contributed by atoms with van der Waals surface area (Å²) < 4.78 is 0. The standard InChI is InChI=1S/C18H29N3O4S/c1-26-8-6-14(22)9-16(23)21-7-2-3-12-10-20(11-15(12)21)18(25)17(24)19-13-4-5-13/h12-15,22H,2-11H2,1H3,(H,19,24)/t12-,14+,15+/m0/s1. The van der Waals surface area contributed by atoms with E-state index in [1.807, 2.05) is 11.2 Å². The zero-order valence-corrected chi connectivity index (χ0v) is 16.2. The molecule has 1 saturated carbocycles. The van der Waals surface area contributed by atoms with Crippen molar-refractivity contribution in [2.45, 2.75) is 56.7 Å². The van der Waals surface area contributed by atoms with Crippen LogP contribution in [-0.2, 0) is 14.4 Å². The largest absolute Gasteiger partial charge is 0.393 e. The molecule has 2 aliphatic heterocycles. The van der Waals surface area contributed by atoms with Crippen molar-refractivity contribution in [3.8, 4) is 0 Å². The molecule has 26 heavy (non-hydrogen) atoms. The van der Waals surface area contributed by atoms with Gasteiger partial charge in [-0.2, -0.15) is 11.8 Å². The Morgan fingerprint density at radius 1 is 1.23 bits per heavy atom. The van der Waals surface area contributed by atoms with Gasteiger partial charge in [0.2, 0.25) is 5.91 Å². The van der Waals surface area contributed by atoms with E-state index in [4.69, 9.17) is 0 Å². The zero-order valence-electron chi connectivity index (χ0n) is 15.4. The number of hydrogen-bond donors (Lipinski definition) is 2. The van der Waals surface area contributed by atoms with Gasteiger partial charge in [-0.1, -0.05) is 0 Å². The molecule has 0 aromatic carbocycles. The van der Waals surface area contributed by atoms with Gasteiger partial charge in [0, 0.05) is 25.7 Å². The molecule has 8 heteroatoms. The van der Waals surface area contributed by atoms with Crippen LogP contribution >= 0.6 is 11.8 Å². The fourth-order valence-corrected chi connectivity index (χ4v) is 4.46. The topological polar surface area (TPSA) is 90.0 Å². The third-order valence-corrected chi connectivity index (χ3v) is 6.20. The van der Waals surface area contributed by atoms with Gasteiger partial charge in [-0.25, -0.2) is 0 Å². The zero-order chi connectivity index (χ0) is 18.7. The number of rotatable bonds is 6. The molecule has 3 rings (SSSR count). The van der Waals surface area contributed by atoms with Crippen LogP contribution in [0.1, 0.15) is 38.5 Å². The molecule has 146 valence electrons. The van der Waals surface area contributed by atoms with Crippen LogP contribution in [0.3, 0.4) is 0 Å². The number of nitrogens with one attached hydrogen (secondary N) is 1. The summed E-state index contributed by atoms with van der Waals surface area (Å²) >= 11 is 1.66. The van der Waals surface area contributed by atoms with Crippen LogP contribution in [0.5, 0.6) is 0 Å². The number of carbonyl (C=O) groups is 3. The smallest absolute Gasteiger partial charge is 0.311 e. The van der Waals surface area contributed by atoms with Gasteiger partial charge in [0.25, 0.3) is 0 Å². The van der Waals surface area contributed by atoms with Crippen LogP contribution in [0.25, 0.3) is 0 Å². The maximum Gasteiger partial charge on any atom is 0.311 e. The summed E-state index contributed by atoms with van der Waals surface area (Å²) in [4.78, 5) is 40.5. The molecule has 2 N–H and O–H groups in total. The summed E-state index contributed by atoms with van der Waals surface area (Å²) in [6.45, 7) is 1.64. The van der Waals surface area contributed by atoms with Crippen molar-refractivity contribution >= 4 is 29.5 Å². The Bertz CT molecular complexity index is 555. The molecule has 2 heterocycles. The van der Waals surface area contributed by atoms with Gasteiger partial charge in [-0.05, 0) is 50.0 Å². The SMILES string of the molecule is CSCC[C@@H](O)CC(=O)N1CCC[C@H]2CN(C(=O)C(=O)NC3CC3)C[C@H]21. The van der Waals surface area contributed by atoms with Crippen molar-refractivity contribution in [2.24, 2.45) is 5.92 Å². The molecule has 3 fully saturated rings. The van der Waals surface area contributed by atoms with Crippen molar-refractivity contribution in [1.82, 2.24) is 15.1 Å². The van der Waals surface area contributed by atoms with Gasteiger partial charge in [0.05, 0.1) is 18.6 Å². The predicted molar refractivity (Wildman–Crippen MR) is 99.6 cm³/mol. The summed E-state index contributed by atoms with van der Waals surface area (Å²) in [7, 11) is 0. The van der Waals surface area contributed by atoms with Crippen molar-refractivity contribution in [3.63, 3.8) is 0 Å². The molecule has 0 unspecified atom stereocenters. The number of aliphatic hydroxyl groups is 1. The maximum absolute atomic E-state index is 12.7. The van der Waals surface area contributed by atoms with Gasteiger partial charge in [-0.3, -0.25) is 14.4 Å². The lowest BCUT2D eigenvalue weighted by Gasteiger charge is -2.37. The third kappa shape index (κ3) is 4.71. The van der Waals surface area contributed by atoms with Crippen LogP contribution in [0.15, 0.2) is 0 Å². The molecule has 0 radical (unpaired) electrons. The number of fused-ring (bicyclic) bond motifs is 1. The first-order valence-electron chi connectivity index (χ1n) is 9.55. The highest BCUT2D eigenvalue weighted by molar-refractivity contribution is 7.98. The highest BCUT2D eigenvalue weighted by Gasteiger charge is 2.44. The Kier molecular flexibility index (Phi) is 6.45. The summed E-state index contributed by atoms with van der Waals surface area (Å²) in [5.74, 6) is 0.0350. The van der Waals surface area contributed by atoms with E-state index in [0.29, 0.717) is 26.1 Å². The summed E-state index contributed by atoms with van der Waals surface area (Å²) in [6.07, 6.45) is 5.89. The molecule has 3 aliphatic rings. The Morgan fingerprint density at radius 3 is 2.69 bits per heavy atom. The molecule has 3 atom stereocenters. The van der Waals surface area contributed by atoms with Crippen LogP contribution in [-0.4, -0.2) is 82.5 Å². The fourth-order valence-electron chi connectivity index (χ4n) is 3.95. The molecule has 1 aliphatic carbocycles. The van der Waals surface area contributed by atoms with Crippen LogP contribution in [0, 0.1) is 5.92 Å². The number of nitrogens with zero attached hydrogens (tertiary/aromatic N) is 2. The van der Waals surface area contributed by atoms with E-state index in [1.165, 1.54) is 0 Å². The molecule has 3 amide bonds. The van der Waals surface area contributed by atoms with Gasteiger partial charge in [-0.15, -0.1) is 0 Å². The van der Waals surface area contributed by atoms with Crippen molar-refractivity contribution in [2.75, 3.05) is 31.6 Å². The van der Waals surface area contributed by atoms with Gasteiger partial charge < -0.3 is 20.2 Å². The molecule has 0 bridgehead atoms. The number of likely N-dealkylation sites (tertiary alicyclic amines) is 2. The van der Waals surface area contributed by atoms with Crippen LogP contribution in [0.4, 0.5) is 0 Å². The minimum absolute atomic E-state index is 0.0262. The summed E-state index contributed by atoms with van der Waals surface area (Å²) in [5, 5.41) is 12.8. The molecule has 0 aromatic rings. The van der Waals surface area contributed by atoms with E-state index < -0.39 is 17.9 Å². The Morgan fingerprint density at radius 2 is 2.00 bits per heavy atom. The normalized spacial score (nSPS) is 26.4. The molecule has 2 saturated heterocycles. The van der Waals surface area contributed by atoms with E-state index in [2.05, 4.69) is 5.32 Å². The van der Waals surface area contributed by atoms with Crippen molar-refractivity contribution < 1.29 is 19.5 Å². The number of carbonyl (C=O) groups excluding carboxylic acids is 3. The number of amides is 3. The van der Waals surface area contributed by atoms with E-state index in [9.17, 15) is 19.5 Å². The van der Waals surface area contributed by atoms with E-state index >= 15 is 0 Å². The van der Waals surface area contributed by atoms with Gasteiger partial charge >= 0.3 is 11.8 Å². The second-order valence-corrected chi connectivity index (χ2v) is 8.64. The molecule has 0 spiro atoms.